The minimum Gasteiger partial charge on any atom is -0.381 e. The van der Waals surface area contributed by atoms with Gasteiger partial charge in [0.1, 0.15) is 17.0 Å². The standard InChI is InChI=1S/C19H21N7O.C4H8O/c1-11(2)12-5-6-15(25-8-7-22-17(12)25)14-9-16(20-3)26-18(24-14)13(10-23-26)19(27)21-4;1-2-4-5-3-1/h5-11,20H,1-4H3,(H,21,27);1-4H2. The Balaban J connectivity index is 0.000000433. The predicted octanol–water partition coefficient (Wildman–Crippen LogP) is 3.37. The van der Waals surface area contributed by atoms with Crippen molar-refractivity contribution in [2.75, 3.05) is 32.6 Å². The fourth-order valence-electron chi connectivity index (χ4n) is 3.77. The number of anilines is 1. The van der Waals surface area contributed by atoms with Crippen LogP contribution in [0.1, 0.15) is 48.5 Å². The maximum Gasteiger partial charge on any atom is 0.256 e. The van der Waals surface area contributed by atoms with E-state index in [1.807, 2.05) is 29.8 Å². The summed E-state index contributed by atoms with van der Waals surface area (Å²) in [6.45, 7) is 6.30. The molecule has 9 nitrogen and oxygen atoms in total. The number of pyridine rings is 1. The molecule has 0 aromatic carbocycles. The number of fused-ring (bicyclic) bond motifs is 2. The van der Waals surface area contributed by atoms with Gasteiger partial charge in [-0.3, -0.25) is 9.20 Å². The van der Waals surface area contributed by atoms with Gasteiger partial charge in [0.15, 0.2) is 5.65 Å². The Morgan fingerprint density at radius 2 is 1.94 bits per heavy atom. The summed E-state index contributed by atoms with van der Waals surface area (Å²) >= 11 is 0. The molecule has 0 bridgehead atoms. The van der Waals surface area contributed by atoms with Gasteiger partial charge < -0.3 is 15.4 Å². The number of aromatic nitrogens is 5. The summed E-state index contributed by atoms with van der Waals surface area (Å²) in [4.78, 5) is 21.4. The number of hydrogen-bond acceptors (Lipinski definition) is 6. The molecule has 1 saturated heterocycles. The Hall–Kier alpha value is -3.46. The van der Waals surface area contributed by atoms with E-state index < -0.39 is 0 Å². The predicted molar refractivity (Wildman–Crippen MR) is 124 cm³/mol. The molecule has 9 heteroatoms. The van der Waals surface area contributed by atoms with Crippen molar-refractivity contribution in [1.29, 1.82) is 0 Å². The normalized spacial score (nSPS) is 13.4. The summed E-state index contributed by atoms with van der Waals surface area (Å²) in [5, 5.41) is 10.1. The zero-order valence-corrected chi connectivity index (χ0v) is 18.9. The minimum atomic E-state index is -0.223. The van der Waals surface area contributed by atoms with Gasteiger partial charge in [0.25, 0.3) is 5.91 Å². The Kier molecular flexibility index (Phi) is 6.36. The number of nitrogens with zero attached hydrogens (tertiary/aromatic N) is 5. The molecule has 0 saturated carbocycles. The lowest BCUT2D eigenvalue weighted by Crippen LogP contribution is -2.18. The largest absolute Gasteiger partial charge is 0.381 e. The van der Waals surface area contributed by atoms with Crippen LogP contribution in [0, 0.1) is 0 Å². The van der Waals surface area contributed by atoms with Crippen LogP contribution in [0.5, 0.6) is 0 Å². The van der Waals surface area contributed by atoms with E-state index >= 15 is 0 Å². The van der Waals surface area contributed by atoms with Crippen LogP contribution in [0.15, 0.2) is 36.8 Å². The highest BCUT2D eigenvalue weighted by atomic mass is 16.5. The van der Waals surface area contributed by atoms with Crippen molar-refractivity contribution in [2.24, 2.45) is 0 Å². The molecule has 0 spiro atoms. The fraction of sp³-hybridized carbons (Fsp3) is 0.391. The number of hydrogen-bond donors (Lipinski definition) is 2. The van der Waals surface area contributed by atoms with Gasteiger partial charge in [-0.1, -0.05) is 19.9 Å². The van der Waals surface area contributed by atoms with Crippen molar-refractivity contribution in [3.8, 4) is 11.4 Å². The van der Waals surface area contributed by atoms with Gasteiger partial charge in [-0.15, -0.1) is 0 Å². The molecule has 0 atom stereocenters. The highest BCUT2D eigenvalue weighted by Gasteiger charge is 2.18. The van der Waals surface area contributed by atoms with Gasteiger partial charge in [-0.25, -0.2) is 9.97 Å². The number of nitrogens with one attached hydrogen (secondary N) is 2. The highest BCUT2D eigenvalue weighted by Crippen LogP contribution is 2.28. The average molecular weight is 436 g/mol. The zero-order valence-electron chi connectivity index (χ0n) is 18.9. The quantitative estimate of drug-likeness (QED) is 0.510. The van der Waals surface area contributed by atoms with Gasteiger partial charge >= 0.3 is 0 Å². The summed E-state index contributed by atoms with van der Waals surface area (Å²) in [5.41, 5.74) is 4.64. The molecule has 5 rings (SSSR count). The molecule has 1 aliphatic rings. The average Bonchev–Trinajstić information content (AvgIpc) is 3.58. The Morgan fingerprint density at radius 3 is 2.56 bits per heavy atom. The Bertz CT molecular complexity index is 1230. The molecule has 2 N–H and O–H groups in total. The molecule has 4 aromatic rings. The second-order valence-electron chi connectivity index (χ2n) is 7.92. The monoisotopic (exact) mass is 435 g/mol. The smallest absolute Gasteiger partial charge is 0.256 e. The zero-order chi connectivity index (χ0) is 22.7. The molecule has 5 heterocycles. The highest BCUT2D eigenvalue weighted by molar-refractivity contribution is 6.00. The van der Waals surface area contributed by atoms with Crippen molar-refractivity contribution < 1.29 is 9.53 Å². The molecule has 4 aromatic heterocycles. The van der Waals surface area contributed by atoms with Crippen molar-refractivity contribution in [3.05, 3.63) is 47.9 Å². The molecule has 0 aliphatic carbocycles. The number of carbonyl (C=O) groups is 1. The van der Waals surface area contributed by atoms with Crippen molar-refractivity contribution in [3.63, 3.8) is 0 Å². The van der Waals surface area contributed by atoms with E-state index in [9.17, 15) is 4.79 Å². The van der Waals surface area contributed by atoms with Crippen LogP contribution in [-0.2, 0) is 4.74 Å². The Labute approximate surface area is 186 Å². The third-order valence-electron chi connectivity index (χ3n) is 5.49. The second kappa shape index (κ2) is 9.35. The topological polar surface area (TPSA) is 97.8 Å². The van der Waals surface area contributed by atoms with Crippen LogP contribution in [-0.4, -0.2) is 57.2 Å². The maximum atomic E-state index is 12.2. The summed E-state index contributed by atoms with van der Waals surface area (Å²) < 4.78 is 8.60. The number of imidazole rings is 1. The van der Waals surface area contributed by atoms with Gasteiger partial charge in [0, 0.05) is 45.8 Å². The van der Waals surface area contributed by atoms with E-state index in [2.05, 4.69) is 40.6 Å². The van der Waals surface area contributed by atoms with Gasteiger partial charge in [0.05, 0.1) is 17.6 Å². The van der Waals surface area contributed by atoms with E-state index in [4.69, 9.17) is 9.72 Å². The van der Waals surface area contributed by atoms with Crippen LogP contribution in [0.2, 0.25) is 0 Å². The van der Waals surface area contributed by atoms with Gasteiger partial charge in [0.2, 0.25) is 0 Å². The van der Waals surface area contributed by atoms with Crippen LogP contribution in [0.4, 0.5) is 5.82 Å². The van der Waals surface area contributed by atoms with E-state index in [-0.39, 0.29) is 5.91 Å². The minimum absolute atomic E-state index is 0.223. The van der Waals surface area contributed by atoms with Crippen LogP contribution >= 0.6 is 0 Å². The molecule has 1 fully saturated rings. The van der Waals surface area contributed by atoms with Crippen LogP contribution < -0.4 is 10.6 Å². The first-order chi connectivity index (χ1) is 15.5. The molecule has 1 aliphatic heterocycles. The van der Waals surface area contributed by atoms with E-state index in [1.54, 1.807) is 17.8 Å². The summed E-state index contributed by atoms with van der Waals surface area (Å²) in [6.07, 6.45) is 7.80. The summed E-state index contributed by atoms with van der Waals surface area (Å²) in [7, 11) is 3.41. The van der Waals surface area contributed by atoms with E-state index in [0.717, 1.165) is 36.1 Å². The van der Waals surface area contributed by atoms with E-state index in [1.165, 1.54) is 24.6 Å². The first-order valence-electron chi connectivity index (χ1n) is 10.9. The first kappa shape index (κ1) is 21.8. The lowest BCUT2D eigenvalue weighted by molar-refractivity contribution is 0.0964. The van der Waals surface area contributed by atoms with Gasteiger partial charge in [-0.2, -0.15) is 9.61 Å². The molecule has 0 radical (unpaired) electrons. The number of carbonyl (C=O) groups excluding carboxylic acids is 1. The number of rotatable bonds is 4. The molecular weight excluding hydrogens is 406 g/mol. The lowest BCUT2D eigenvalue weighted by Gasteiger charge is -2.13. The van der Waals surface area contributed by atoms with Crippen molar-refractivity contribution in [2.45, 2.75) is 32.6 Å². The Morgan fingerprint density at radius 1 is 1.16 bits per heavy atom. The number of ether oxygens (including phenoxy) is 1. The molecular formula is C23H29N7O2. The molecule has 0 unspecified atom stereocenters. The third-order valence-corrected chi connectivity index (χ3v) is 5.49. The van der Waals surface area contributed by atoms with Crippen molar-refractivity contribution >= 4 is 23.0 Å². The maximum absolute atomic E-state index is 12.2. The van der Waals surface area contributed by atoms with E-state index in [0.29, 0.717) is 17.1 Å². The number of amides is 1. The van der Waals surface area contributed by atoms with Gasteiger partial charge in [-0.05, 0) is 30.4 Å². The first-order valence-corrected chi connectivity index (χ1v) is 10.9. The second-order valence-corrected chi connectivity index (χ2v) is 7.92. The molecule has 168 valence electrons. The molecule has 1 amide bonds. The van der Waals surface area contributed by atoms with Crippen molar-refractivity contribution in [1.82, 2.24) is 29.3 Å². The lowest BCUT2D eigenvalue weighted by atomic mass is 10.0. The fourth-order valence-corrected chi connectivity index (χ4v) is 3.77. The third kappa shape index (κ3) is 4.03. The summed E-state index contributed by atoms with van der Waals surface area (Å²) in [5.74, 6) is 0.882. The van der Waals surface area contributed by atoms with Crippen LogP contribution in [0.3, 0.4) is 0 Å². The molecule has 32 heavy (non-hydrogen) atoms. The summed E-state index contributed by atoms with van der Waals surface area (Å²) in [6, 6.07) is 6.04. The van der Waals surface area contributed by atoms with Crippen LogP contribution in [0.25, 0.3) is 22.7 Å². The SMILES string of the molecule is C1CCOC1.CNC(=O)c1cnn2c(NC)cc(-c3ccc(C(C)C)c4nccn34)nc12.